The van der Waals surface area contributed by atoms with E-state index >= 15 is 0 Å². The van der Waals surface area contributed by atoms with Crippen molar-refractivity contribution in [1.82, 2.24) is 0 Å². The van der Waals surface area contributed by atoms with Crippen LogP contribution in [0.4, 0.5) is 0 Å². The largest absolute Gasteiger partial charge is 0.377 e. The molecule has 0 spiro atoms. The van der Waals surface area contributed by atoms with Crippen LogP contribution in [-0.2, 0) is 23.7 Å². The molecule has 0 aromatic carbocycles. The first-order valence-electron chi connectivity index (χ1n) is 5.02. The third-order valence-electron chi connectivity index (χ3n) is 1.47. The van der Waals surface area contributed by atoms with Crippen LogP contribution in [0.25, 0.3) is 0 Å². The molecule has 16 heavy (non-hydrogen) atoms. The maximum Gasteiger partial charge on any atom is 0.149 e. The SMILES string of the molecule is OCOCCOCCOCCOCOCO. The number of aliphatic hydroxyl groups is 2. The van der Waals surface area contributed by atoms with Crippen LogP contribution in [0.1, 0.15) is 0 Å². The molecule has 0 atom stereocenters. The minimum atomic E-state index is -0.343. The molecule has 0 aromatic rings. The highest BCUT2D eigenvalue weighted by molar-refractivity contribution is 4.32. The van der Waals surface area contributed by atoms with Crippen LogP contribution in [-0.4, -0.2) is 70.2 Å². The molecule has 0 aliphatic heterocycles. The van der Waals surface area contributed by atoms with Crippen molar-refractivity contribution in [3.05, 3.63) is 0 Å². The molecule has 0 bridgehead atoms. The van der Waals surface area contributed by atoms with Gasteiger partial charge in [0, 0.05) is 0 Å². The van der Waals surface area contributed by atoms with E-state index in [9.17, 15) is 0 Å². The second kappa shape index (κ2) is 14.7. The molecule has 0 saturated heterocycles. The lowest BCUT2D eigenvalue weighted by molar-refractivity contribution is -0.116. The summed E-state index contributed by atoms with van der Waals surface area (Å²) in [5, 5.41) is 16.5. The zero-order valence-electron chi connectivity index (χ0n) is 9.30. The molecular formula is C9H20O7. The summed E-state index contributed by atoms with van der Waals surface area (Å²) in [7, 11) is 0. The second-order valence-corrected chi connectivity index (χ2v) is 2.62. The molecule has 0 radical (unpaired) electrons. The Morgan fingerprint density at radius 2 is 0.938 bits per heavy atom. The van der Waals surface area contributed by atoms with Crippen molar-refractivity contribution < 1.29 is 33.9 Å². The lowest BCUT2D eigenvalue weighted by atomic mass is 10.7. The number of ether oxygens (including phenoxy) is 5. The van der Waals surface area contributed by atoms with E-state index < -0.39 is 0 Å². The quantitative estimate of drug-likeness (QED) is 0.313. The van der Waals surface area contributed by atoms with Gasteiger partial charge in [-0.15, -0.1) is 0 Å². The van der Waals surface area contributed by atoms with Crippen LogP contribution in [0.5, 0.6) is 0 Å². The predicted molar refractivity (Wildman–Crippen MR) is 53.7 cm³/mol. The van der Waals surface area contributed by atoms with E-state index in [1.165, 1.54) is 0 Å². The number of hydrogen-bond acceptors (Lipinski definition) is 7. The van der Waals surface area contributed by atoms with E-state index in [1.54, 1.807) is 0 Å². The van der Waals surface area contributed by atoms with Gasteiger partial charge in [0.25, 0.3) is 0 Å². The topological polar surface area (TPSA) is 86.6 Å². The fourth-order valence-corrected chi connectivity index (χ4v) is 0.777. The van der Waals surface area contributed by atoms with Crippen molar-refractivity contribution in [1.29, 1.82) is 0 Å². The fourth-order valence-electron chi connectivity index (χ4n) is 0.777. The third kappa shape index (κ3) is 13.7. The van der Waals surface area contributed by atoms with Crippen LogP contribution in [0, 0.1) is 0 Å². The minimum Gasteiger partial charge on any atom is -0.377 e. The van der Waals surface area contributed by atoms with E-state index in [-0.39, 0.29) is 20.4 Å². The molecule has 0 heterocycles. The van der Waals surface area contributed by atoms with E-state index in [1.807, 2.05) is 0 Å². The van der Waals surface area contributed by atoms with Crippen molar-refractivity contribution in [3.63, 3.8) is 0 Å². The van der Waals surface area contributed by atoms with Gasteiger partial charge in [0.15, 0.2) is 0 Å². The van der Waals surface area contributed by atoms with E-state index in [2.05, 4.69) is 9.47 Å². The molecule has 0 rings (SSSR count). The first-order chi connectivity index (χ1) is 7.91. The minimum absolute atomic E-state index is 0.0643. The van der Waals surface area contributed by atoms with E-state index in [0.29, 0.717) is 39.6 Å². The Morgan fingerprint density at radius 1 is 0.500 bits per heavy atom. The Balaban J connectivity index is 2.83. The summed E-state index contributed by atoms with van der Waals surface area (Å²) >= 11 is 0. The van der Waals surface area contributed by atoms with Gasteiger partial charge >= 0.3 is 0 Å². The van der Waals surface area contributed by atoms with Gasteiger partial charge in [-0.2, -0.15) is 0 Å². The first kappa shape index (κ1) is 15.7. The van der Waals surface area contributed by atoms with Gasteiger partial charge in [-0.1, -0.05) is 0 Å². The van der Waals surface area contributed by atoms with Crippen LogP contribution in [0.2, 0.25) is 0 Å². The van der Waals surface area contributed by atoms with E-state index in [4.69, 9.17) is 24.4 Å². The van der Waals surface area contributed by atoms with Gasteiger partial charge in [-0.3, -0.25) is 0 Å². The Hall–Kier alpha value is -0.280. The van der Waals surface area contributed by atoms with Gasteiger partial charge in [-0.25, -0.2) is 0 Å². The lowest BCUT2D eigenvalue weighted by Crippen LogP contribution is -2.12. The molecule has 0 amide bonds. The third-order valence-corrected chi connectivity index (χ3v) is 1.47. The summed E-state index contributed by atoms with van der Waals surface area (Å²) in [4.78, 5) is 0. The zero-order chi connectivity index (χ0) is 11.9. The van der Waals surface area contributed by atoms with Crippen molar-refractivity contribution in [2.24, 2.45) is 0 Å². The first-order valence-corrected chi connectivity index (χ1v) is 5.02. The Bertz CT molecular complexity index is 108. The Kier molecular flexibility index (Phi) is 14.5. The highest BCUT2D eigenvalue weighted by Crippen LogP contribution is 1.82. The van der Waals surface area contributed by atoms with Crippen LogP contribution in [0.15, 0.2) is 0 Å². The van der Waals surface area contributed by atoms with Gasteiger partial charge in [-0.05, 0) is 0 Å². The molecule has 0 unspecified atom stereocenters. The highest BCUT2D eigenvalue weighted by atomic mass is 16.7. The van der Waals surface area contributed by atoms with Crippen molar-refractivity contribution in [3.8, 4) is 0 Å². The Morgan fingerprint density at radius 3 is 1.44 bits per heavy atom. The van der Waals surface area contributed by atoms with Crippen LogP contribution in [0.3, 0.4) is 0 Å². The summed E-state index contributed by atoms with van der Waals surface area (Å²) in [5.74, 6) is 0. The standard InChI is InChI=1S/C9H20O7/c10-7-14-5-3-12-1-2-13-4-6-15-9-16-8-11/h10-11H,1-9H2. The monoisotopic (exact) mass is 240 g/mol. The maximum atomic E-state index is 8.29. The van der Waals surface area contributed by atoms with Crippen molar-refractivity contribution in [2.75, 3.05) is 60.0 Å². The summed E-state index contributed by atoms with van der Waals surface area (Å²) < 4.78 is 24.4. The molecule has 0 fully saturated rings. The van der Waals surface area contributed by atoms with Gasteiger partial charge in [0.05, 0.1) is 39.6 Å². The summed E-state index contributed by atoms with van der Waals surface area (Å²) in [6.07, 6.45) is 0. The zero-order valence-corrected chi connectivity index (χ0v) is 9.30. The molecule has 0 aliphatic carbocycles. The van der Waals surface area contributed by atoms with Gasteiger partial charge < -0.3 is 33.9 Å². The molecule has 0 aliphatic rings. The number of rotatable bonds is 13. The van der Waals surface area contributed by atoms with E-state index in [0.717, 1.165) is 0 Å². The average molecular weight is 240 g/mol. The summed E-state index contributed by atoms with van der Waals surface area (Å²) in [5.41, 5.74) is 0. The summed E-state index contributed by atoms with van der Waals surface area (Å²) in [6, 6.07) is 0. The number of hydrogen-bond donors (Lipinski definition) is 2. The Labute approximate surface area is 94.8 Å². The molecular weight excluding hydrogens is 220 g/mol. The molecule has 7 nitrogen and oxygen atoms in total. The van der Waals surface area contributed by atoms with Crippen molar-refractivity contribution >= 4 is 0 Å². The van der Waals surface area contributed by atoms with Gasteiger partial charge in [0.2, 0.25) is 0 Å². The normalized spacial score (nSPS) is 10.9. The molecule has 7 heteroatoms. The predicted octanol–water partition coefficient (Wildman–Crippen LogP) is -1.07. The van der Waals surface area contributed by atoms with Crippen LogP contribution >= 0.6 is 0 Å². The average Bonchev–Trinajstić information content (AvgIpc) is 2.31. The number of aliphatic hydroxyl groups excluding tert-OH is 2. The second-order valence-electron chi connectivity index (χ2n) is 2.62. The lowest BCUT2D eigenvalue weighted by Gasteiger charge is -2.06. The molecule has 0 aromatic heterocycles. The van der Waals surface area contributed by atoms with Gasteiger partial charge in [0.1, 0.15) is 20.4 Å². The smallest absolute Gasteiger partial charge is 0.149 e. The molecule has 0 saturated carbocycles. The molecule has 98 valence electrons. The fraction of sp³-hybridized carbons (Fsp3) is 1.00. The molecule has 2 N–H and O–H groups in total. The highest BCUT2D eigenvalue weighted by Gasteiger charge is 1.91. The van der Waals surface area contributed by atoms with Crippen molar-refractivity contribution in [2.45, 2.75) is 0 Å². The maximum absolute atomic E-state index is 8.29. The van der Waals surface area contributed by atoms with Crippen LogP contribution < -0.4 is 0 Å². The summed E-state index contributed by atoms with van der Waals surface area (Å²) in [6.45, 7) is 2.06.